The van der Waals surface area contributed by atoms with Gasteiger partial charge < -0.3 is 0 Å². The van der Waals surface area contributed by atoms with Crippen molar-refractivity contribution in [3.05, 3.63) is 0 Å². The van der Waals surface area contributed by atoms with Gasteiger partial charge in [-0.1, -0.05) is 42.2 Å². The quantitative estimate of drug-likeness (QED) is 0.305. The molecule has 0 N–H and O–H groups in total. The lowest BCUT2D eigenvalue weighted by molar-refractivity contribution is -0.123. The average molecular weight is 348 g/mol. The molecule has 0 saturated heterocycles. The lowest BCUT2D eigenvalue weighted by Gasteiger charge is -2.34. The Morgan fingerprint density at radius 2 is 2.12 bits per heavy atom. The summed E-state index contributed by atoms with van der Waals surface area (Å²) in [5, 5.41) is 0. The van der Waals surface area contributed by atoms with Crippen LogP contribution in [0.5, 0.6) is 0 Å². The molecule has 1 aliphatic carbocycles. The van der Waals surface area contributed by atoms with E-state index in [1.54, 1.807) is 0 Å². The van der Waals surface area contributed by atoms with Gasteiger partial charge in [0, 0.05) is 12.8 Å². The highest BCUT2D eigenvalue weighted by molar-refractivity contribution is 14.1. The number of carbonyl (C=O) groups excluding carboxylic acids is 1. The highest BCUT2D eigenvalue weighted by Gasteiger charge is 2.40. The lowest BCUT2D eigenvalue weighted by Crippen LogP contribution is -2.40. The topological polar surface area (TPSA) is 17.1 Å². The third-order valence-electron chi connectivity index (χ3n) is 3.08. The molecule has 1 saturated carbocycles. The van der Waals surface area contributed by atoms with Crippen LogP contribution in [0.25, 0.3) is 0 Å². The minimum Gasteiger partial charge on any atom is -0.298 e. The molecule has 0 spiro atoms. The average Bonchev–Trinajstić information content (AvgIpc) is 2.11. The first-order chi connectivity index (χ1) is 7.23. The molecular formula is C13H21IOSi. The van der Waals surface area contributed by atoms with Crippen LogP contribution in [0, 0.1) is 17.4 Å². The van der Waals surface area contributed by atoms with Crippen molar-refractivity contribution in [1.29, 1.82) is 0 Å². The second-order valence-corrected chi connectivity index (χ2v) is 12.8. The second-order valence-electron chi connectivity index (χ2n) is 5.84. The summed E-state index contributed by atoms with van der Waals surface area (Å²) < 4.78 is -0.176. The summed E-state index contributed by atoms with van der Waals surface area (Å²) in [6, 6.07) is 0. The van der Waals surface area contributed by atoms with E-state index in [9.17, 15) is 4.79 Å². The molecule has 0 aliphatic heterocycles. The number of rotatable bonds is 1. The van der Waals surface area contributed by atoms with Gasteiger partial charge in [0.1, 0.15) is 13.9 Å². The molecule has 1 nitrogen and oxygen atoms in total. The van der Waals surface area contributed by atoms with E-state index in [-0.39, 0.29) is 3.42 Å². The largest absolute Gasteiger partial charge is 0.298 e. The normalized spacial score (nSPS) is 30.8. The number of carbonyl (C=O) groups is 1. The fourth-order valence-electron chi connectivity index (χ4n) is 1.99. The first-order valence-corrected chi connectivity index (χ1v) is 10.5. The van der Waals surface area contributed by atoms with Gasteiger partial charge in [-0.15, -0.1) is 11.5 Å². The maximum Gasteiger partial charge on any atom is 0.148 e. The fraction of sp³-hybridized carbons (Fsp3) is 0.769. The van der Waals surface area contributed by atoms with Crippen LogP contribution in [0.4, 0.5) is 0 Å². The van der Waals surface area contributed by atoms with Crippen LogP contribution in [-0.2, 0) is 4.79 Å². The molecule has 16 heavy (non-hydrogen) atoms. The van der Waals surface area contributed by atoms with Crippen LogP contribution in [0.2, 0.25) is 19.6 Å². The van der Waals surface area contributed by atoms with Crippen LogP contribution >= 0.6 is 22.6 Å². The molecule has 0 heterocycles. The molecule has 1 aliphatic rings. The van der Waals surface area contributed by atoms with Crippen molar-refractivity contribution in [3.8, 4) is 11.5 Å². The van der Waals surface area contributed by atoms with Gasteiger partial charge in [-0.3, -0.25) is 4.79 Å². The predicted octanol–water partition coefficient (Wildman–Crippen LogP) is 3.82. The molecule has 0 aromatic rings. The molecule has 0 aromatic heterocycles. The zero-order valence-corrected chi connectivity index (χ0v) is 13.8. The van der Waals surface area contributed by atoms with Crippen LogP contribution in [-0.4, -0.2) is 17.3 Å². The molecule has 0 amide bonds. The molecule has 90 valence electrons. The van der Waals surface area contributed by atoms with Gasteiger partial charge in [-0.2, -0.15) is 0 Å². The van der Waals surface area contributed by atoms with Crippen molar-refractivity contribution >= 4 is 36.4 Å². The molecule has 0 radical (unpaired) electrons. The third kappa shape index (κ3) is 3.88. The summed E-state index contributed by atoms with van der Waals surface area (Å²) in [5.41, 5.74) is 3.40. The maximum absolute atomic E-state index is 11.8. The van der Waals surface area contributed by atoms with Crippen LogP contribution in [0.1, 0.15) is 32.6 Å². The van der Waals surface area contributed by atoms with E-state index in [0.717, 1.165) is 25.7 Å². The summed E-state index contributed by atoms with van der Waals surface area (Å²) in [6.07, 6.45) is 3.87. The lowest BCUT2D eigenvalue weighted by atomic mass is 9.78. The molecular weight excluding hydrogens is 327 g/mol. The zero-order chi connectivity index (χ0) is 12.4. The molecule has 3 heteroatoms. The van der Waals surface area contributed by atoms with Gasteiger partial charge in [-0.05, 0) is 25.7 Å². The molecule has 1 rings (SSSR count). The van der Waals surface area contributed by atoms with Crippen molar-refractivity contribution in [2.75, 3.05) is 0 Å². The zero-order valence-electron chi connectivity index (χ0n) is 10.7. The Bertz CT molecular complexity index is 330. The van der Waals surface area contributed by atoms with Gasteiger partial charge in [-0.25, -0.2) is 0 Å². The van der Waals surface area contributed by atoms with Gasteiger partial charge in [0.2, 0.25) is 0 Å². The smallest absolute Gasteiger partial charge is 0.148 e. The van der Waals surface area contributed by atoms with Crippen molar-refractivity contribution in [1.82, 2.24) is 0 Å². The number of hydrogen-bond acceptors (Lipinski definition) is 1. The Hall–Kier alpha value is 0.177. The van der Waals surface area contributed by atoms with Crippen LogP contribution in [0.3, 0.4) is 0 Å². The van der Waals surface area contributed by atoms with Gasteiger partial charge in [0.25, 0.3) is 0 Å². The van der Waals surface area contributed by atoms with E-state index in [0.29, 0.717) is 11.7 Å². The Kier molecular flexibility index (Phi) is 4.64. The number of alkyl halides is 1. The summed E-state index contributed by atoms with van der Waals surface area (Å²) in [5.74, 6) is 4.20. The van der Waals surface area contributed by atoms with Gasteiger partial charge in [0.05, 0.1) is 3.42 Å². The van der Waals surface area contributed by atoms with Gasteiger partial charge in [0.15, 0.2) is 0 Å². The SMILES string of the molecule is CC1(I)C(=O)CCC[C@H]1CC#C[Si](C)(C)C. The highest BCUT2D eigenvalue weighted by Crippen LogP contribution is 2.39. The molecule has 1 unspecified atom stereocenters. The minimum absolute atomic E-state index is 0.176. The number of Topliss-reactive ketones (excluding diaryl/α,β-unsaturated/α-hetero) is 1. The van der Waals surface area contributed by atoms with Gasteiger partial charge >= 0.3 is 0 Å². The predicted molar refractivity (Wildman–Crippen MR) is 80.5 cm³/mol. The van der Waals surface area contributed by atoms with E-state index >= 15 is 0 Å². The monoisotopic (exact) mass is 348 g/mol. The summed E-state index contributed by atoms with van der Waals surface area (Å²) in [4.78, 5) is 11.8. The van der Waals surface area contributed by atoms with Crippen molar-refractivity contribution in [2.24, 2.45) is 5.92 Å². The van der Waals surface area contributed by atoms with E-state index in [1.807, 2.05) is 0 Å². The Morgan fingerprint density at radius 3 is 2.69 bits per heavy atom. The number of ketones is 1. The maximum atomic E-state index is 11.8. The first-order valence-electron chi connectivity index (χ1n) is 5.96. The Labute approximate surface area is 114 Å². The number of hydrogen-bond donors (Lipinski definition) is 0. The molecule has 0 bridgehead atoms. The summed E-state index contributed by atoms with van der Waals surface area (Å²) in [6.45, 7) is 8.86. The van der Waals surface area contributed by atoms with Crippen molar-refractivity contribution in [3.63, 3.8) is 0 Å². The van der Waals surface area contributed by atoms with Crippen molar-refractivity contribution < 1.29 is 4.79 Å². The Balaban J connectivity index is 2.66. The standard InChI is InChI=1S/C13H21IOSi/c1-13(14)11(7-5-9-12(13)15)8-6-10-16(2,3)4/h11H,5,7-9H2,1-4H3/t11-,13?/m0/s1. The van der Waals surface area contributed by atoms with Crippen molar-refractivity contribution in [2.45, 2.75) is 55.7 Å². The molecule has 1 fully saturated rings. The van der Waals surface area contributed by atoms with E-state index in [4.69, 9.17) is 0 Å². The highest BCUT2D eigenvalue weighted by atomic mass is 127. The van der Waals surface area contributed by atoms with Crippen LogP contribution < -0.4 is 0 Å². The molecule has 0 aromatic carbocycles. The fourth-order valence-corrected chi connectivity index (χ4v) is 3.42. The Morgan fingerprint density at radius 1 is 1.50 bits per heavy atom. The summed E-state index contributed by atoms with van der Waals surface area (Å²) in [7, 11) is -1.25. The van der Waals surface area contributed by atoms with E-state index < -0.39 is 8.07 Å². The second kappa shape index (κ2) is 5.22. The minimum atomic E-state index is -1.25. The first kappa shape index (κ1) is 14.2. The third-order valence-corrected chi connectivity index (χ3v) is 5.49. The summed E-state index contributed by atoms with van der Waals surface area (Å²) >= 11 is 2.33. The van der Waals surface area contributed by atoms with E-state index in [2.05, 4.69) is 60.6 Å². The molecule has 2 atom stereocenters. The number of halogens is 1. The van der Waals surface area contributed by atoms with E-state index in [1.165, 1.54) is 0 Å². The van der Waals surface area contributed by atoms with Crippen LogP contribution in [0.15, 0.2) is 0 Å².